The minimum absolute atomic E-state index is 0.762. The standard InChI is InChI=1S/C12H25N/c1-4-11(5-2)13-12-8-6-10(3)7-9-12/h10-13H,4-9H2,1-3H3. The Morgan fingerprint density at radius 3 is 2.08 bits per heavy atom. The normalized spacial score (nSPS) is 29.5. The van der Waals surface area contributed by atoms with Crippen LogP contribution in [0.2, 0.25) is 0 Å². The van der Waals surface area contributed by atoms with E-state index >= 15 is 0 Å². The van der Waals surface area contributed by atoms with Crippen molar-refractivity contribution in [1.29, 1.82) is 0 Å². The van der Waals surface area contributed by atoms with E-state index in [4.69, 9.17) is 0 Å². The Labute approximate surface area is 83.3 Å². The van der Waals surface area contributed by atoms with Crippen LogP contribution in [0.3, 0.4) is 0 Å². The van der Waals surface area contributed by atoms with Gasteiger partial charge in [-0.2, -0.15) is 0 Å². The summed E-state index contributed by atoms with van der Waals surface area (Å²) >= 11 is 0. The number of nitrogens with one attached hydrogen (secondary N) is 1. The van der Waals surface area contributed by atoms with Crippen LogP contribution < -0.4 is 5.32 Å². The van der Waals surface area contributed by atoms with Crippen molar-refractivity contribution in [3.05, 3.63) is 0 Å². The molecule has 1 heteroatoms. The van der Waals surface area contributed by atoms with E-state index in [1.54, 1.807) is 0 Å². The minimum Gasteiger partial charge on any atom is -0.311 e. The highest BCUT2D eigenvalue weighted by atomic mass is 14.9. The Balaban J connectivity index is 2.21. The van der Waals surface area contributed by atoms with E-state index in [1.165, 1.54) is 38.5 Å². The van der Waals surface area contributed by atoms with Gasteiger partial charge in [0.05, 0.1) is 0 Å². The second-order valence-corrected chi connectivity index (χ2v) is 4.64. The van der Waals surface area contributed by atoms with Gasteiger partial charge < -0.3 is 5.32 Å². The SMILES string of the molecule is CCC(CC)NC1CCC(C)CC1. The average Bonchev–Trinajstić information content (AvgIpc) is 2.17. The first-order valence-electron chi connectivity index (χ1n) is 6.02. The lowest BCUT2D eigenvalue weighted by Crippen LogP contribution is -2.39. The summed E-state index contributed by atoms with van der Waals surface area (Å²) in [5.74, 6) is 0.972. The van der Waals surface area contributed by atoms with E-state index in [-0.39, 0.29) is 0 Å². The van der Waals surface area contributed by atoms with Crippen LogP contribution in [0.1, 0.15) is 59.3 Å². The zero-order valence-corrected chi connectivity index (χ0v) is 9.47. The maximum absolute atomic E-state index is 3.78. The third-order valence-electron chi connectivity index (χ3n) is 3.47. The number of hydrogen-bond donors (Lipinski definition) is 1. The van der Waals surface area contributed by atoms with Crippen LogP contribution in [-0.4, -0.2) is 12.1 Å². The molecule has 0 amide bonds. The van der Waals surface area contributed by atoms with E-state index in [0.717, 1.165) is 18.0 Å². The fraction of sp³-hybridized carbons (Fsp3) is 1.00. The molecule has 0 atom stereocenters. The van der Waals surface area contributed by atoms with Crippen molar-refractivity contribution in [2.45, 2.75) is 71.4 Å². The van der Waals surface area contributed by atoms with Gasteiger partial charge in [0.15, 0.2) is 0 Å². The summed E-state index contributed by atoms with van der Waals surface area (Å²) in [7, 11) is 0. The molecule has 78 valence electrons. The van der Waals surface area contributed by atoms with Gasteiger partial charge in [0.2, 0.25) is 0 Å². The average molecular weight is 183 g/mol. The van der Waals surface area contributed by atoms with Gasteiger partial charge >= 0.3 is 0 Å². The van der Waals surface area contributed by atoms with Gasteiger partial charge in [0, 0.05) is 12.1 Å². The van der Waals surface area contributed by atoms with E-state index in [2.05, 4.69) is 26.1 Å². The fourth-order valence-corrected chi connectivity index (χ4v) is 2.28. The first kappa shape index (κ1) is 11.0. The van der Waals surface area contributed by atoms with E-state index in [1.807, 2.05) is 0 Å². The van der Waals surface area contributed by atoms with Crippen molar-refractivity contribution in [3.63, 3.8) is 0 Å². The van der Waals surface area contributed by atoms with Crippen molar-refractivity contribution in [2.75, 3.05) is 0 Å². The van der Waals surface area contributed by atoms with Gasteiger partial charge in [-0.25, -0.2) is 0 Å². The van der Waals surface area contributed by atoms with Crippen LogP contribution in [-0.2, 0) is 0 Å². The molecule has 0 spiro atoms. The molecule has 0 aromatic heterocycles. The summed E-state index contributed by atoms with van der Waals surface area (Å²) in [4.78, 5) is 0. The summed E-state index contributed by atoms with van der Waals surface area (Å²) in [6, 6.07) is 1.58. The Morgan fingerprint density at radius 1 is 1.08 bits per heavy atom. The Hall–Kier alpha value is -0.0400. The van der Waals surface area contributed by atoms with Crippen LogP contribution in [0.15, 0.2) is 0 Å². The third kappa shape index (κ3) is 3.68. The largest absolute Gasteiger partial charge is 0.311 e. The van der Waals surface area contributed by atoms with Gasteiger partial charge in [0.25, 0.3) is 0 Å². The minimum atomic E-state index is 0.762. The first-order chi connectivity index (χ1) is 6.26. The maximum Gasteiger partial charge on any atom is 0.00698 e. The molecule has 13 heavy (non-hydrogen) atoms. The quantitative estimate of drug-likeness (QED) is 0.705. The van der Waals surface area contributed by atoms with Crippen molar-refractivity contribution in [1.82, 2.24) is 5.32 Å². The molecule has 0 heterocycles. The summed E-state index contributed by atoms with van der Waals surface area (Å²) < 4.78 is 0. The monoisotopic (exact) mass is 183 g/mol. The fourth-order valence-electron chi connectivity index (χ4n) is 2.28. The lowest BCUT2D eigenvalue weighted by atomic mass is 9.87. The maximum atomic E-state index is 3.78. The van der Waals surface area contributed by atoms with Crippen molar-refractivity contribution in [2.24, 2.45) is 5.92 Å². The molecular formula is C12H25N. The molecule has 0 radical (unpaired) electrons. The summed E-state index contributed by atoms with van der Waals surface area (Å²) in [6.07, 6.45) is 8.22. The van der Waals surface area contributed by atoms with Gasteiger partial charge in [0.1, 0.15) is 0 Å². The van der Waals surface area contributed by atoms with Gasteiger partial charge in [-0.3, -0.25) is 0 Å². The molecule has 0 aliphatic heterocycles. The van der Waals surface area contributed by atoms with Crippen LogP contribution in [0.4, 0.5) is 0 Å². The molecule has 1 saturated carbocycles. The van der Waals surface area contributed by atoms with Crippen molar-refractivity contribution < 1.29 is 0 Å². The van der Waals surface area contributed by atoms with Crippen LogP contribution in [0, 0.1) is 5.92 Å². The molecule has 1 rings (SSSR count). The third-order valence-corrected chi connectivity index (χ3v) is 3.47. The molecule has 0 unspecified atom stereocenters. The predicted octanol–water partition coefficient (Wildman–Crippen LogP) is 3.34. The molecule has 0 aromatic carbocycles. The van der Waals surface area contributed by atoms with Crippen LogP contribution in [0.5, 0.6) is 0 Å². The summed E-state index contributed by atoms with van der Waals surface area (Å²) in [5.41, 5.74) is 0. The molecule has 0 saturated heterocycles. The van der Waals surface area contributed by atoms with Gasteiger partial charge in [-0.15, -0.1) is 0 Å². The molecule has 1 fully saturated rings. The molecule has 1 aliphatic carbocycles. The highest BCUT2D eigenvalue weighted by Crippen LogP contribution is 2.24. The van der Waals surface area contributed by atoms with Crippen LogP contribution in [0.25, 0.3) is 0 Å². The van der Waals surface area contributed by atoms with Gasteiger partial charge in [-0.1, -0.05) is 20.8 Å². The highest BCUT2D eigenvalue weighted by molar-refractivity contribution is 4.78. The van der Waals surface area contributed by atoms with Crippen molar-refractivity contribution >= 4 is 0 Å². The molecule has 1 nitrogen and oxygen atoms in total. The predicted molar refractivity (Wildman–Crippen MR) is 58.9 cm³/mol. The molecule has 1 aliphatic rings. The highest BCUT2D eigenvalue weighted by Gasteiger charge is 2.19. The number of hydrogen-bond acceptors (Lipinski definition) is 1. The zero-order valence-electron chi connectivity index (χ0n) is 9.47. The second-order valence-electron chi connectivity index (χ2n) is 4.64. The molecule has 1 N–H and O–H groups in total. The van der Waals surface area contributed by atoms with Gasteiger partial charge in [-0.05, 0) is 44.4 Å². The van der Waals surface area contributed by atoms with E-state index in [0.29, 0.717) is 0 Å². The van der Waals surface area contributed by atoms with Crippen LogP contribution >= 0.6 is 0 Å². The smallest absolute Gasteiger partial charge is 0.00698 e. The molecular weight excluding hydrogens is 158 g/mol. The zero-order chi connectivity index (χ0) is 9.68. The molecule has 0 aromatic rings. The Bertz CT molecular complexity index is 121. The first-order valence-corrected chi connectivity index (χ1v) is 6.02. The number of rotatable bonds is 4. The topological polar surface area (TPSA) is 12.0 Å². The van der Waals surface area contributed by atoms with E-state index < -0.39 is 0 Å². The molecule has 0 bridgehead atoms. The lowest BCUT2D eigenvalue weighted by Gasteiger charge is -2.30. The van der Waals surface area contributed by atoms with Crippen molar-refractivity contribution in [3.8, 4) is 0 Å². The van der Waals surface area contributed by atoms with E-state index in [9.17, 15) is 0 Å². The Morgan fingerprint density at radius 2 is 1.62 bits per heavy atom. The summed E-state index contributed by atoms with van der Waals surface area (Å²) in [5, 5.41) is 3.78. The Kier molecular flexibility index (Phi) is 4.79. The lowest BCUT2D eigenvalue weighted by molar-refractivity contribution is 0.281. The summed E-state index contributed by atoms with van der Waals surface area (Å²) in [6.45, 7) is 6.95. The second kappa shape index (κ2) is 5.64.